The topological polar surface area (TPSA) is 87.7 Å². The molecule has 0 unspecified atom stereocenters. The van der Waals surface area contributed by atoms with E-state index in [1.165, 1.54) is 12.1 Å². The second-order valence-corrected chi connectivity index (χ2v) is 8.72. The Morgan fingerprint density at radius 1 is 0.943 bits per heavy atom. The first-order valence-corrected chi connectivity index (χ1v) is 11.3. The molecule has 0 aliphatic heterocycles. The Morgan fingerprint density at radius 2 is 1.63 bits per heavy atom. The molecule has 0 fully saturated rings. The number of nitrogens with two attached hydrogens (primary N) is 1. The lowest BCUT2D eigenvalue weighted by Gasteiger charge is -2.24. The molecule has 0 aromatic heterocycles. The van der Waals surface area contributed by atoms with Gasteiger partial charge in [-0.05, 0) is 65.9 Å². The summed E-state index contributed by atoms with van der Waals surface area (Å²) in [6, 6.07) is 18.2. The Balaban J connectivity index is 1.60. The fourth-order valence-electron chi connectivity index (χ4n) is 3.66. The molecule has 3 aromatic rings. The van der Waals surface area contributed by atoms with Crippen molar-refractivity contribution in [2.75, 3.05) is 26.3 Å². The van der Waals surface area contributed by atoms with Crippen molar-refractivity contribution < 1.29 is 28.1 Å². The summed E-state index contributed by atoms with van der Waals surface area (Å²) in [7, 11) is 0. The predicted molar refractivity (Wildman–Crippen MR) is 130 cm³/mol. The van der Waals surface area contributed by atoms with Crippen LogP contribution in [0.2, 0.25) is 0 Å². The molecule has 0 aliphatic rings. The zero-order chi connectivity index (χ0) is 25.5. The quantitative estimate of drug-likeness (QED) is 0.306. The van der Waals surface area contributed by atoms with E-state index in [1.807, 2.05) is 25.1 Å². The molecular weight excluding hydrogens is 457 g/mol. The average Bonchev–Trinajstić information content (AvgIpc) is 2.86. The second kappa shape index (κ2) is 11.7. The van der Waals surface area contributed by atoms with Crippen molar-refractivity contribution in [2.24, 2.45) is 5.73 Å². The fraction of sp³-hybridized carbons (Fsp3) is 0.333. The third-order valence-corrected chi connectivity index (χ3v) is 5.90. The van der Waals surface area contributed by atoms with Gasteiger partial charge in [-0.15, -0.1) is 0 Å². The Labute approximate surface area is 203 Å². The summed E-state index contributed by atoms with van der Waals surface area (Å²) in [5.74, 6) is 0.691. The van der Waals surface area contributed by atoms with Crippen LogP contribution >= 0.6 is 0 Å². The molecule has 3 aromatic carbocycles. The molecule has 0 bridgehead atoms. The number of halogens is 3. The molecule has 0 amide bonds. The number of benzene rings is 3. The average molecular weight is 489 g/mol. The lowest BCUT2D eigenvalue weighted by atomic mass is 9.98. The normalized spacial score (nSPS) is 12.1. The van der Waals surface area contributed by atoms with Crippen molar-refractivity contribution in [3.05, 3.63) is 89.0 Å². The first-order valence-electron chi connectivity index (χ1n) is 11.3. The van der Waals surface area contributed by atoms with Gasteiger partial charge in [0.25, 0.3) is 0 Å². The standard InChI is InChI=1S/C27H31F3N2O3/c1-19-6-11-23(14-22(19)12-13-32-16-26(31,17-33)18-34)35-15-20-7-9-21(10-8-20)24-4-2-3-5-25(24)27(28,29)30/h2-11,14,32-34H,12-13,15-18,31H2,1H3. The van der Waals surface area contributed by atoms with E-state index < -0.39 is 17.3 Å². The summed E-state index contributed by atoms with van der Waals surface area (Å²) in [5, 5.41) is 21.7. The molecule has 0 saturated carbocycles. The monoisotopic (exact) mass is 488 g/mol. The van der Waals surface area contributed by atoms with Gasteiger partial charge in [-0.2, -0.15) is 13.2 Å². The van der Waals surface area contributed by atoms with Gasteiger partial charge in [0.2, 0.25) is 0 Å². The van der Waals surface area contributed by atoms with Crippen LogP contribution in [0.1, 0.15) is 22.3 Å². The number of aliphatic hydroxyl groups is 2. The minimum atomic E-state index is -4.41. The highest BCUT2D eigenvalue weighted by Gasteiger charge is 2.33. The summed E-state index contributed by atoms with van der Waals surface area (Å²) in [6.45, 7) is 2.57. The lowest BCUT2D eigenvalue weighted by molar-refractivity contribution is -0.137. The van der Waals surface area contributed by atoms with E-state index in [0.29, 0.717) is 30.8 Å². The minimum absolute atomic E-state index is 0.147. The Kier molecular flexibility index (Phi) is 8.91. The van der Waals surface area contributed by atoms with Crippen LogP contribution in [0.5, 0.6) is 5.75 Å². The number of aliphatic hydroxyl groups excluding tert-OH is 2. The molecule has 0 aliphatic carbocycles. The number of nitrogens with one attached hydrogen (secondary N) is 1. The SMILES string of the molecule is Cc1ccc(OCc2ccc(-c3ccccc3C(F)(F)F)cc2)cc1CCNCC(N)(CO)CO. The molecule has 0 radical (unpaired) electrons. The van der Waals surface area contributed by atoms with Gasteiger partial charge < -0.3 is 26.0 Å². The first-order chi connectivity index (χ1) is 16.6. The van der Waals surface area contributed by atoms with E-state index >= 15 is 0 Å². The summed E-state index contributed by atoms with van der Waals surface area (Å²) < 4.78 is 45.9. The Hall–Kier alpha value is -2.91. The van der Waals surface area contributed by atoms with Crippen molar-refractivity contribution in [1.29, 1.82) is 0 Å². The van der Waals surface area contributed by atoms with E-state index in [1.54, 1.807) is 30.3 Å². The third-order valence-electron chi connectivity index (χ3n) is 5.90. The molecule has 188 valence electrons. The number of alkyl halides is 3. The summed E-state index contributed by atoms with van der Waals surface area (Å²) in [6.07, 6.45) is -3.70. The highest BCUT2D eigenvalue weighted by Crippen LogP contribution is 2.37. The van der Waals surface area contributed by atoms with Gasteiger partial charge in [0.15, 0.2) is 0 Å². The van der Waals surface area contributed by atoms with Crippen LogP contribution in [-0.2, 0) is 19.2 Å². The Bertz CT molecular complexity index is 1100. The number of aryl methyl sites for hydroxylation is 1. The first kappa shape index (κ1) is 26.7. The van der Waals surface area contributed by atoms with Gasteiger partial charge in [0, 0.05) is 6.54 Å². The maximum absolute atomic E-state index is 13.3. The minimum Gasteiger partial charge on any atom is -0.489 e. The van der Waals surface area contributed by atoms with E-state index in [2.05, 4.69) is 5.32 Å². The zero-order valence-electron chi connectivity index (χ0n) is 19.6. The van der Waals surface area contributed by atoms with Gasteiger partial charge in [0.1, 0.15) is 12.4 Å². The van der Waals surface area contributed by atoms with Crippen LogP contribution in [0.25, 0.3) is 11.1 Å². The molecule has 8 heteroatoms. The van der Waals surface area contributed by atoms with E-state index in [-0.39, 0.29) is 25.4 Å². The maximum atomic E-state index is 13.3. The van der Waals surface area contributed by atoms with Crippen LogP contribution in [0, 0.1) is 6.92 Å². The number of rotatable bonds is 11. The highest BCUT2D eigenvalue weighted by molar-refractivity contribution is 5.68. The molecule has 3 rings (SSSR count). The molecule has 5 nitrogen and oxygen atoms in total. The molecule has 35 heavy (non-hydrogen) atoms. The van der Waals surface area contributed by atoms with Crippen molar-refractivity contribution in [1.82, 2.24) is 5.32 Å². The van der Waals surface area contributed by atoms with Crippen molar-refractivity contribution >= 4 is 0 Å². The predicted octanol–water partition coefficient (Wildman–Crippen LogP) is 4.07. The van der Waals surface area contributed by atoms with Crippen LogP contribution in [0.4, 0.5) is 13.2 Å². The number of hydrogen-bond acceptors (Lipinski definition) is 5. The molecular formula is C27H31F3N2O3. The second-order valence-electron chi connectivity index (χ2n) is 8.72. The van der Waals surface area contributed by atoms with Crippen LogP contribution in [-0.4, -0.2) is 42.1 Å². The zero-order valence-corrected chi connectivity index (χ0v) is 19.6. The molecule has 0 heterocycles. The van der Waals surface area contributed by atoms with Crippen LogP contribution in [0.15, 0.2) is 66.7 Å². The largest absolute Gasteiger partial charge is 0.489 e. The van der Waals surface area contributed by atoms with Gasteiger partial charge in [-0.3, -0.25) is 0 Å². The fourth-order valence-corrected chi connectivity index (χ4v) is 3.66. The summed E-state index contributed by atoms with van der Waals surface area (Å²) in [4.78, 5) is 0. The maximum Gasteiger partial charge on any atom is 0.417 e. The van der Waals surface area contributed by atoms with E-state index in [4.69, 9.17) is 10.5 Å². The van der Waals surface area contributed by atoms with Gasteiger partial charge in [0.05, 0.1) is 24.3 Å². The molecule has 0 spiro atoms. The number of ether oxygens (including phenoxy) is 1. The van der Waals surface area contributed by atoms with Gasteiger partial charge in [-0.1, -0.05) is 48.5 Å². The van der Waals surface area contributed by atoms with Crippen molar-refractivity contribution in [2.45, 2.75) is 31.7 Å². The molecule has 0 atom stereocenters. The van der Waals surface area contributed by atoms with Crippen LogP contribution < -0.4 is 15.8 Å². The summed E-state index contributed by atoms with van der Waals surface area (Å²) in [5.41, 5.74) is 7.83. The van der Waals surface area contributed by atoms with Crippen LogP contribution in [0.3, 0.4) is 0 Å². The highest BCUT2D eigenvalue weighted by atomic mass is 19.4. The third kappa shape index (κ3) is 7.29. The van der Waals surface area contributed by atoms with Gasteiger partial charge in [-0.25, -0.2) is 0 Å². The van der Waals surface area contributed by atoms with E-state index in [9.17, 15) is 23.4 Å². The summed E-state index contributed by atoms with van der Waals surface area (Å²) >= 11 is 0. The Morgan fingerprint density at radius 3 is 2.29 bits per heavy atom. The van der Waals surface area contributed by atoms with Crippen molar-refractivity contribution in [3.8, 4) is 16.9 Å². The lowest BCUT2D eigenvalue weighted by Crippen LogP contribution is -2.55. The number of hydrogen-bond donors (Lipinski definition) is 4. The van der Waals surface area contributed by atoms with E-state index in [0.717, 1.165) is 22.8 Å². The molecule has 0 saturated heterocycles. The van der Waals surface area contributed by atoms with Crippen molar-refractivity contribution in [3.63, 3.8) is 0 Å². The smallest absolute Gasteiger partial charge is 0.417 e. The molecule has 5 N–H and O–H groups in total. The van der Waals surface area contributed by atoms with Gasteiger partial charge >= 0.3 is 6.18 Å².